The minimum Gasteiger partial charge on any atom is -0.179 e. The normalized spacial score (nSPS) is 12.9. The Balaban J connectivity index is 2.77. The summed E-state index contributed by atoms with van der Waals surface area (Å²) >= 11 is 4.30. The zero-order valence-electron chi connectivity index (χ0n) is 8.67. The van der Waals surface area contributed by atoms with E-state index in [4.69, 9.17) is 0 Å². The molecule has 1 aromatic rings. The third-order valence-electron chi connectivity index (χ3n) is 2.18. The predicted octanol–water partition coefficient (Wildman–Crippen LogP) is 3.41. The topological polar surface area (TPSA) is 0 Å². The second-order valence-electron chi connectivity index (χ2n) is 3.99. The molecule has 0 spiro atoms. The molecule has 0 aliphatic rings. The van der Waals surface area contributed by atoms with Gasteiger partial charge in [0.2, 0.25) is 0 Å². The van der Waals surface area contributed by atoms with Crippen LogP contribution in [0.25, 0.3) is 0 Å². The van der Waals surface area contributed by atoms with Gasteiger partial charge in [-0.1, -0.05) is 36.2 Å². The lowest BCUT2D eigenvalue weighted by atomic mass is 9.99. The smallest absolute Gasteiger partial charge is 0.00690 e. The van der Waals surface area contributed by atoms with Crippen LogP contribution in [0.3, 0.4) is 0 Å². The van der Waals surface area contributed by atoms with Crippen LogP contribution in [0, 0.1) is 19.8 Å². The number of thiol groups is 1. The molecule has 0 N–H and O–H groups in total. The van der Waals surface area contributed by atoms with Crippen molar-refractivity contribution in [3.8, 4) is 0 Å². The fourth-order valence-corrected chi connectivity index (χ4v) is 1.78. The van der Waals surface area contributed by atoms with Gasteiger partial charge in [0.05, 0.1) is 0 Å². The van der Waals surface area contributed by atoms with E-state index in [1.165, 1.54) is 16.7 Å². The van der Waals surface area contributed by atoms with E-state index in [0.29, 0.717) is 5.92 Å². The maximum atomic E-state index is 4.30. The molecular weight excluding hydrogens is 176 g/mol. The van der Waals surface area contributed by atoms with Crippen molar-refractivity contribution in [2.24, 2.45) is 5.92 Å². The maximum Gasteiger partial charge on any atom is -0.00690 e. The fourth-order valence-electron chi connectivity index (χ4n) is 1.65. The molecule has 0 amide bonds. The van der Waals surface area contributed by atoms with Gasteiger partial charge in [-0.3, -0.25) is 0 Å². The number of aryl methyl sites for hydroxylation is 2. The zero-order chi connectivity index (χ0) is 9.84. The van der Waals surface area contributed by atoms with Crippen LogP contribution in [-0.4, -0.2) is 5.75 Å². The van der Waals surface area contributed by atoms with Gasteiger partial charge in [0.15, 0.2) is 0 Å². The molecule has 0 saturated heterocycles. The van der Waals surface area contributed by atoms with E-state index in [-0.39, 0.29) is 0 Å². The predicted molar refractivity (Wildman–Crippen MR) is 62.6 cm³/mol. The van der Waals surface area contributed by atoms with Crippen LogP contribution < -0.4 is 0 Å². The fraction of sp³-hybridized carbons (Fsp3) is 0.500. The third kappa shape index (κ3) is 3.43. The summed E-state index contributed by atoms with van der Waals surface area (Å²) in [5.74, 6) is 1.64. The first-order valence-corrected chi connectivity index (χ1v) is 5.43. The van der Waals surface area contributed by atoms with Gasteiger partial charge in [0, 0.05) is 0 Å². The van der Waals surface area contributed by atoms with Gasteiger partial charge < -0.3 is 0 Å². The molecule has 0 heterocycles. The van der Waals surface area contributed by atoms with Crippen molar-refractivity contribution in [1.82, 2.24) is 0 Å². The van der Waals surface area contributed by atoms with E-state index in [2.05, 4.69) is 51.6 Å². The van der Waals surface area contributed by atoms with Crippen molar-refractivity contribution in [2.75, 3.05) is 5.75 Å². The molecule has 72 valence electrons. The summed E-state index contributed by atoms with van der Waals surface area (Å²) in [6, 6.07) is 6.76. The monoisotopic (exact) mass is 194 g/mol. The zero-order valence-corrected chi connectivity index (χ0v) is 9.57. The van der Waals surface area contributed by atoms with E-state index < -0.39 is 0 Å². The molecule has 0 bridgehead atoms. The second-order valence-corrected chi connectivity index (χ2v) is 4.35. The molecule has 0 aliphatic heterocycles. The van der Waals surface area contributed by atoms with E-state index in [1.54, 1.807) is 0 Å². The van der Waals surface area contributed by atoms with Crippen molar-refractivity contribution >= 4 is 12.6 Å². The van der Waals surface area contributed by atoms with E-state index in [1.807, 2.05) is 0 Å². The minimum atomic E-state index is 0.671. The van der Waals surface area contributed by atoms with Crippen molar-refractivity contribution in [2.45, 2.75) is 27.2 Å². The molecule has 0 nitrogen and oxygen atoms in total. The number of hydrogen-bond donors (Lipinski definition) is 1. The van der Waals surface area contributed by atoms with Crippen LogP contribution in [0.4, 0.5) is 0 Å². The lowest BCUT2D eigenvalue weighted by Crippen LogP contribution is -2.01. The van der Waals surface area contributed by atoms with Crippen LogP contribution in [0.2, 0.25) is 0 Å². The highest BCUT2D eigenvalue weighted by Gasteiger charge is 2.02. The SMILES string of the molecule is Cc1cc(C)cc(CC(C)CS)c1. The molecule has 0 radical (unpaired) electrons. The first-order valence-electron chi connectivity index (χ1n) is 4.80. The Kier molecular flexibility index (Phi) is 3.86. The molecule has 0 aromatic heterocycles. The third-order valence-corrected chi connectivity index (χ3v) is 2.80. The summed E-state index contributed by atoms with van der Waals surface area (Å²) in [6.07, 6.45) is 1.14. The summed E-state index contributed by atoms with van der Waals surface area (Å²) in [4.78, 5) is 0. The van der Waals surface area contributed by atoms with Gasteiger partial charge in [0.25, 0.3) is 0 Å². The quantitative estimate of drug-likeness (QED) is 0.700. The summed E-state index contributed by atoms with van der Waals surface area (Å²) in [5.41, 5.74) is 4.17. The van der Waals surface area contributed by atoms with Crippen LogP contribution >= 0.6 is 12.6 Å². The van der Waals surface area contributed by atoms with Gasteiger partial charge >= 0.3 is 0 Å². The molecule has 1 rings (SSSR count). The first-order chi connectivity index (χ1) is 6.11. The van der Waals surface area contributed by atoms with Gasteiger partial charge in [-0.05, 0) is 37.5 Å². The molecule has 1 atom stereocenters. The molecule has 1 heteroatoms. The summed E-state index contributed by atoms with van der Waals surface area (Å²) in [5, 5.41) is 0. The van der Waals surface area contributed by atoms with E-state index in [9.17, 15) is 0 Å². The average Bonchev–Trinajstić information content (AvgIpc) is 2.02. The number of rotatable bonds is 3. The average molecular weight is 194 g/mol. The Morgan fingerprint density at radius 3 is 2.15 bits per heavy atom. The van der Waals surface area contributed by atoms with Crippen LogP contribution in [-0.2, 0) is 6.42 Å². The first kappa shape index (κ1) is 10.6. The van der Waals surface area contributed by atoms with Crippen LogP contribution in [0.1, 0.15) is 23.6 Å². The van der Waals surface area contributed by atoms with Crippen LogP contribution in [0.5, 0.6) is 0 Å². The molecule has 13 heavy (non-hydrogen) atoms. The number of hydrogen-bond acceptors (Lipinski definition) is 1. The molecule has 0 fully saturated rings. The lowest BCUT2D eigenvalue weighted by Gasteiger charge is -2.09. The Hall–Kier alpha value is -0.430. The highest BCUT2D eigenvalue weighted by molar-refractivity contribution is 7.80. The largest absolute Gasteiger partial charge is 0.179 e. The molecule has 1 unspecified atom stereocenters. The van der Waals surface area contributed by atoms with E-state index >= 15 is 0 Å². The van der Waals surface area contributed by atoms with Crippen LogP contribution in [0.15, 0.2) is 18.2 Å². The summed E-state index contributed by atoms with van der Waals surface area (Å²) in [6.45, 7) is 6.55. The van der Waals surface area contributed by atoms with Gasteiger partial charge in [-0.25, -0.2) is 0 Å². The summed E-state index contributed by atoms with van der Waals surface area (Å²) < 4.78 is 0. The van der Waals surface area contributed by atoms with Gasteiger partial charge in [-0.2, -0.15) is 12.6 Å². The lowest BCUT2D eigenvalue weighted by molar-refractivity contribution is 0.660. The Bertz CT molecular complexity index is 258. The van der Waals surface area contributed by atoms with Gasteiger partial charge in [0.1, 0.15) is 0 Å². The Labute approximate surface area is 86.8 Å². The van der Waals surface area contributed by atoms with Gasteiger partial charge in [-0.15, -0.1) is 0 Å². The standard InChI is InChI=1S/C12H18S/c1-9-4-10(2)6-12(5-9)7-11(3)8-13/h4-6,11,13H,7-8H2,1-3H3. The van der Waals surface area contributed by atoms with Crippen molar-refractivity contribution < 1.29 is 0 Å². The van der Waals surface area contributed by atoms with E-state index in [0.717, 1.165) is 12.2 Å². The second kappa shape index (κ2) is 4.71. The van der Waals surface area contributed by atoms with Crippen molar-refractivity contribution in [3.05, 3.63) is 34.9 Å². The Morgan fingerprint density at radius 2 is 1.69 bits per heavy atom. The number of benzene rings is 1. The summed E-state index contributed by atoms with van der Waals surface area (Å²) in [7, 11) is 0. The highest BCUT2D eigenvalue weighted by atomic mass is 32.1. The van der Waals surface area contributed by atoms with Crippen molar-refractivity contribution in [1.29, 1.82) is 0 Å². The minimum absolute atomic E-state index is 0.671. The Morgan fingerprint density at radius 1 is 1.15 bits per heavy atom. The molecule has 0 aliphatic carbocycles. The maximum absolute atomic E-state index is 4.30. The van der Waals surface area contributed by atoms with Crippen molar-refractivity contribution in [3.63, 3.8) is 0 Å². The molecule has 0 saturated carbocycles. The molecule has 1 aromatic carbocycles. The molecular formula is C12H18S. The highest BCUT2D eigenvalue weighted by Crippen LogP contribution is 2.13.